The lowest BCUT2D eigenvalue weighted by molar-refractivity contribution is 0.0677. The zero-order chi connectivity index (χ0) is 20.2. The van der Waals surface area contributed by atoms with Gasteiger partial charge in [0.1, 0.15) is 5.56 Å². The Labute approximate surface area is 173 Å². The molecule has 0 aliphatic heterocycles. The third-order valence-electron chi connectivity index (χ3n) is 6.90. The van der Waals surface area contributed by atoms with E-state index in [-0.39, 0.29) is 11.9 Å². The summed E-state index contributed by atoms with van der Waals surface area (Å²) in [6.45, 7) is 2.78. The molecule has 5 nitrogen and oxygen atoms in total. The van der Waals surface area contributed by atoms with E-state index in [2.05, 4.69) is 29.5 Å². The maximum Gasteiger partial charge on any atom is 0.258 e. The number of carbonyl (C=O) groups is 1. The van der Waals surface area contributed by atoms with Gasteiger partial charge in [0.15, 0.2) is 0 Å². The second kappa shape index (κ2) is 9.02. The largest absolute Gasteiger partial charge is 0.477 e. The first-order valence-corrected chi connectivity index (χ1v) is 11.1. The molecule has 2 aliphatic carbocycles. The van der Waals surface area contributed by atoms with Crippen molar-refractivity contribution in [3.05, 3.63) is 47.7 Å². The molecule has 1 aromatic carbocycles. The molecule has 156 valence electrons. The number of benzene rings is 1. The highest BCUT2D eigenvalue weighted by Gasteiger charge is 2.40. The summed E-state index contributed by atoms with van der Waals surface area (Å²) in [5, 5.41) is 7.67. The van der Waals surface area contributed by atoms with Crippen LogP contribution in [0.1, 0.15) is 61.4 Å². The first kappa shape index (κ1) is 20.0. The minimum Gasteiger partial charge on any atom is -0.477 e. The van der Waals surface area contributed by atoms with E-state index in [4.69, 9.17) is 4.74 Å². The molecule has 0 saturated heterocycles. The maximum absolute atomic E-state index is 13.2. The standard InChI is InChI=1S/C24H33N3O2/c1-3-19-14-18-10-7-11-20(15-18)22(19)26-23(28)21-16-25-27(2)24(21)29-13-12-17-8-5-4-6-9-17/h4-6,8-9,16,18-20,22H,3,7,10-15H2,1-2H3,(H,26,28)/t18?,19?,20-,22?/m0/s1. The smallest absolute Gasteiger partial charge is 0.258 e. The van der Waals surface area contributed by atoms with E-state index < -0.39 is 0 Å². The van der Waals surface area contributed by atoms with Gasteiger partial charge < -0.3 is 10.1 Å². The predicted octanol–water partition coefficient (Wildman–Crippen LogP) is 4.38. The van der Waals surface area contributed by atoms with Gasteiger partial charge in [-0.25, -0.2) is 4.68 Å². The van der Waals surface area contributed by atoms with Crippen LogP contribution in [0.15, 0.2) is 36.5 Å². The Morgan fingerprint density at radius 1 is 1.24 bits per heavy atom. The Hall–Kier alpha value is -2.30. The van der Waals surface area contributed by atoms with E-state index in [0.717, 1.165) is 18.8 Å². The highest BCUT2D eigenvalue weighted by molar-refractivity contribution is 5.96. The topological polar surface area (TPSA) is 56.2 Å². The van der Waals surface area contributed by atoms with Crippen LogP contribution < -0.4 is 10.1 Å². The lowest BCUT2D eigenvalue weighted by atomic mass is 9.64. The van der Waals surface area contributed by atoms with Gasteiger partial charge in [0.2, 0.25) is 5.88 Å². The normalized spacial score (nSPS) is 26.1. The molecule has 5 heteroatoms. The first-order chi connectivity index (χ1) is 14.2. The third-order valence-corrected chi connectivity index (χ3v) is 6.90. The fourth-order valence-corrected chi connectivity index (χ4v) is 5.38. The van der Waals surface area contributed by atoms with Crippen molar-refractivity contribution >= 4 is 5.91 Å². The predicted molar refractivity (Wildman–Crippen MR) is 114 cm³/mol. The molecule has 2 aromatic rings. The fraction of sp³-hybridized carbons (Fsp3) is 0.583. The number of aromatic nitrogens is 2. The van der Waals surface area contributed by atoms with Crippen molar-refractivity contribution in [3.63, 3.8) is 0 Å². The Morgan fingerprint density at radius 3 is 2.86 bits per heavy atom. The summed E-state index contributed by atoms with van der Waals surface area (Å²) < 4.78 is 7.66. The Kier molecular flexibility index (Phi) is 6.22. The second-order valence-electron chi connectivity index (χ2n) is 8.77. The van der Waals surface area contributed by atoms with Crippen molar-refractivity contribution < 1.29 is 9.53 Å². The first-order valence-electron chi connectivity index (χ1n) is 11.1. The van der Waals surface area contributed by atoms with Crippen LogP contribution in [-0.4, -0.2) is 28.3 Å². The Bertz CT molecular complexity index is 815. The van der Waals surface area contributed by atoms with Crippen molar-refractivity contribution in [1.82, 2.24) is 15.1 Å². The number of ether oxygens (including phenoxy) is 1. The summed E-state index contributed by atoms with van der Waals surface area (Å²) in [6.07, 6.45) is 10.0. The second-order valence-corrected chi connectivity index (χ2v) is 8.77. The number of hydrogen-bond donors (Lipinski definition) is 1. The number of nitrogens with zero attached hydrogens (tertiary/aromatic N) is 2. The van der Waals surface area contributed by atoms with Crippen LogP contribution in [0.5, 0.6) is 5.88 Å². The van der Waals surface area contributed by atoms with Crippen LogP contribution in [0.4, 0.5) is 0 Å². The van der Waals surface area contributed by atoms with E-state index in [0.29, 0.717) is 29.9 Å². The number of carbonyl (C=O) groups excluding carboxylic acids is 1. The van der Waals surface area contributed by atoms with E-state index >= 15 is 0 Å². The quantitative estimate of drug-likeness (QED) is 0.757. The molecule has 1 aromatic heterocycles. The average Bonchev–Trinajstić information content (AvgIpc) is 3.11. The van der Waals surface area contributed by atoms with Gasteiger partial charge in [-0.05, 0) is 42.6 Å². The Morgan fingerprint density at radius 2 is 2.07 bits per heavy atom. The van der Waals surface area contributed by atoms with Gasteiger partial charge in [0.05, 0.1) is 12.8 Å². The molecule has 29 heavy (non-hydrogen) atoms. The number of hydrogen-bond acceptors (Lipinski definition) is 3. The molecule has 3 unspecified atom stereocenters. The molecule has 2 aliphatic rings. The van der Waals surface area contributed by atoms with E-state index in [1.807, 2.05) is 25.2 Å². The molecule has 1 N–H and O–H groups in total. The van der Waals surface area contributed by atoms with Gasteiger partial charge in [-0.3, -0.25) is 4.79 Å². The molecule has 4 atom stereocenters. The van der Waals surface area contributed by atoms with E-state index in [1.54, 1.807) is 10.9 Å². The van der Waals surface area contributed by atoms with Gasteiger partial charge in [0.25, 0.3) is 5.91 Å². The van der Waals surface area contributed by atoms with Crippen LogP contribution in [0.2, 0.25) is 0 Å². The van der Waals surface area contributed by atoms with E-state index in [1.165, 1.54) is 37.7 Å². The maximum atomic E-state index is 13.2. The van der Waals surface area contributed by atoms with Crippen LogP contribution in [-0.2, 0) is 13.5 Å². The molecular formula is C24H33N3O2. The Balaban J connectivity index is 1.42. The number of rotatable bonds is 7. The summed E-state index contributed by atoms with van der Waals surface area (Å²) in [6, 6.07) is 10.5. The minimum absolute atomic E-state index is 0.0414. The van der Waals surface area contributed by atoms with Gasteiger partial charge in [-0.2, -0.15) is 5.10 Å². The van der Waals surface area contributed by atoms with Crippen LogP contribution >= 0.6 is 0 Å². The monoisotopic (exact) mass is 395 g/mol. The molecular weight excluding hydrogens is 362 g/mol. The van der Waals surface area contributed by atoms with Crippen LogP contribution in [0.3, 0.4) is 0 Å². The van der Waals surface area contributed by atoms with Gasteiger partial charge in [-0.15, -0.1) is 0 Å². The van der Waals surface area contributed by atoms with Crippen molar-refractivity contribution in [2.24, 2.45) is 24.8 Å². The number of aryl methyl sites for hydroxylation is 1. The summed E-state index contributed by atoms with van der Waals surface area (Å²) in [5.74, 6) is 2.59. The number of nitrogens with one attached hydrogen (secondary N) is 1. The summed E-state index contributed by atoms with van der Waals surface area (Å²) in [4.78, 5) is 13.2. The van der Waals surface area contributed by atoms with Gasteiger partial charge in [-0.1, -0.05) is 56.5 Å². The molecule has 1 amide bonds. The highest BCUT2D eigenvalue weighted by Crippen LogP contribution is 2.43. The molecule has 2 fully saturated rings. The van der Waals surface area contributed by atoms with Crippen LogP contribution in [0.25, 0.3) is 0 Å². The molecule has 2 saturated carbocycles. The minimum atomic E-state index is -0.0414. The molecule has 0 spiro atoms. The zero-order valence-electron chi connectivity index (χ0n) is 17.6. The van der Waals surface area contributed by atoms with Crippen molar-refractivity contribution in [1.29, 1.82) is 0 Å². The molecule has 2 bridgehead atoms. The number of amides is 1. The zero-order valence-corrected chi connectivity index (χ0v) is 17.6. The van der Waals surface area contributed by atoms with Crippen LogP contribution in [0, 0.1) is 17.8 Å². The molecule has 0 radical (unpaired) electrons. The van der Waals surface area contributed by atoms with Crippen molar-refractivity contribution in [2.45, 2.75) is 57.9 Å². The molecule has 1 heterocycles. The number of fused-ring (bicyclic) bond motifs is 2. The lowest BCUT2D eigenvalue weighted by Crippen LogP contribution is -2.50. The highest BCUT2D eigenvalue weighted by atomic mass is 16.5. The fourth-order valence-electron chi connectivity index (χ4n) is 5.38. The van der Waals surface area contributed by atoms with Crippen molar-refractivity contribution in [3.8, 4) is 5.88 Å². The molecule has 4 rings (SSSR count). The third kappa shape index (κ3) is 4.49. The summed E-state index contributed by atoms with van der Waals surface area (Å²) in [5.41, 5.74) is 1.77. The SMILES string of the molecule is CCC1CC2CCC[C@@H](C2)C1NC(=O)c1cnn(C)c1OCCc1ccccc1. The van der Waals surface area contributed by atoms with Gasteiger partial charge >= 0.3 is 0 Å². The average molecular weight is 396 g/mol. The summed E-state index contributed by atoms with van der Waals surface area (Å²) in [7, 11) is 1.83. The van der Waals surface area contributed by atoms with E-state index in [9.17, 15) is 4.79 Å². The lowest BCUT2D eigenvalue weighted by Gasteiger charge is -2.45. The van der Waals surface area contributed by atoms with Crippen molar-refractivity contribution in [2.75, 3.05) is 6.61 Å². The van der Waals surface area contributed by atoms with Gasteiger partial charge in [0, 0.05) is 19.5 Å². The summed E-state index contributed by atoms with van der Waals surface area (Å²) >= 11 is 0.